The largest absolute Gasteiger partial charge is 0.0785 e. The van der Waals surface area contributed by atoms with Gasteiger partial charge in [-0.3, -0.25) is 0 Å². The van der Waals surface area contributed by atoms with Crippen molar-refractivity contribution in [3.05, 3.63) is 26.6 Å². The molecule has 0 N–H and O–H groups in total. The average Bonchev–Trinajstić information content (AvgIpc) is 1.77. The molecule has 0 spiro atoms. The second-order valence-corrected chi connectivity index (χ2v) is 3.84. The zero-order chi connectivity index (χ0) is 5.98. The Morgan fingerprint density at radius 1 is 1.50 bits per heavy atom. The predicted molar refractivity (Wildman–Crippen MR) is 48.0 cm³/mol. The number of halogens is 2. The Labute approximate surface area is 71.3 Å². The quantitative estimate of drug-likeness (QED) is 0.599. The van der Waals surface area contributed by atoms with Crippen molar-refractivity contribution < 1.29 is 0 Å². The third-order valence-electron chi connectivity index (χ3n) is 0.915. The van der Waals surface area contributed by atoms with Crippen molar-refractivity contribution in [3.8, 4) is 0 Å². The first-order chi connectivity index (χ1) is 3.79. The third kappa shape index (κ3) is 1.90. The minimum absolute atomic E-state index is 1.05. The van der Waals surface area contributed by atoms with Crippen LogP contribution < -0.4 is 0 Å². The monoisotopic (exact) mass is 283 g/mol. The van der Waals surface area contributed by atoms with Gasteiger partial charge in [-0.1, -0.05) is 34.2 Å². The maximum Gasteiger partial charge on any atom is 0.0666 e. The molecule has 0 aromatic heterocycles. The van der Waals surface area contributed by atoms with Gasteiger partial charge in [0.25, 0.3) is 0 Å². The molecule has 1 aliphatic carbocycles. The van der Waals surface area contributed by atoms with Gasteiger partial charge in [-0.05, 0) is 29.0 Å². The topological polar surface area (TPSA) is 0 Å². The molecule has 0 aromatic rings. The van der Waals surface area contributed by atoms with E-state index < -0.39 is 0 Å². The van der Waals surface area contributed by atoms with Crippen molar-refractivity contribution in [2.24, 2.45) is 0 Å². The molecule has 1 radical (unpaired) electrons. The standard InChI is InChI=1S/C6H5BrI/c7-5-1-3-6(8)4-2-5/h1,3-4H,2H2. The van der Waals surface area contributed by atoms with Crippen LogP contribution in [0, 0.1) is 4.83 Å². The van der Waals surface area contributed by atoms with Crippen molar-refractivity contribution in [1.29, 1.82) is 0 Å². The molecule has 43 valence electrons. The van der Waals surface area contributed by atoms with Crippen LogP contribution in [0.15, 0.2) is 21.8 Å². The highest BCUT2D eigenvalue weighted by Gasteiger charge is 2.01. The summed E-state index contributed by atoms with van der Waals surface area (Å²) in [6, 6.07) is 0. The van der Waals surface area contributed by atoms with Crippen LogP contribution in [0.4, 0.5) is 0 Å². The Balaban J connectivity index is 2.58. The summed E-state index contributed by atoms with van der Waals surface area (Å²) in [7, 11) is 0. The normalized spacial score (nSPS) is 21.0. The van der Waals surface area contributed by atoms with E-state index in [0.29, 0.717) is 0 Å². The first-order valence-electron chi connectivity index (χ1n) is 2.34. The zero-order valence-electron chi connectivity index (χ0n) is 4.20. The maximum absolute atomic E-state index is 3.40. The Morgan fingerprint density at radius 3 is 2.62 bits per heavy atom. The van der Waals surface area contributed by atoms with Crippen molar-refractivity contribution in [2.75, 3.05) is 0 Å². The molecular weight excluding hydrogens is 279 g/mol. The second kappa shape index (κ2) is 3.01. The SMILES string of the molecule is Br[C]1C=CC(I)=CC1. The van der Waals surface area contributed by atoms with Crippen LogP contribution in [0.25, 0.3) is 0 Å². The minimum atomic E-state index is 1.05. The van der Waals surface area contributed by atoms with Crippen molar-refractivity contribution in [3.63, 3.8) is 0 Å². The summed E-state index contributed by atoms with van der Waals surface area (Å²) in [5.74, 6) is 0. The fourth-order valence-electron chi connectivity index (χ4n) is 0.501. The van der Waals surface area contributed by atoms with E-state index >= 15 is 0 Å². The third-order valence-corrected chi connectivity index (χ3v) is 2.30. The number of allylic oxidation sites excluding steroid dienone is 4. The van der Waals surface area contributed by atoms with E-state index in [4.69, 9.17) is 0 Å². The fraction of sp³-hybridized carbons (Fsp3) is 0.167. The summed E-state index contributed by atoms with van der Waals surface area (Å²) in [6.07, 6.45) is 7.41. The molecule has 0 atom stereocenters. The van der Waals surface area contributed by atoms with Gasteiger partial charge in [-0.25, -0.2) is 0 Å². The first kappa shape index (κ1) is 6.81. The molecule has 0 aromatic carbocycles. The molecule has 0 saturated heterocycles. The van der Waals surface area contributed by atoms with Gasteiger partial charge < -0.3 is 0 Å². The Hall–Kier alpha value is 0.690. The van der Waals surface area contributed by atoms with E-state index in [1.165, 1.54) is 8.41 Å². The zero-order valence-corrected chi connectivity index (χ0v) is 7.94. The molecule has 1 rings (SSSR count). The van der Waals surface area contributed by atoms with E-state index in [1.807, 2.05) is 0 Å². The molecule has 8 heavy (non-hydrogen) atoms. The molecule has 0 bridgehead atoms. The molecule has 0 saturated carbocycles. The summed E-state index contributed by atoms with van der Waals surface area (Å²) in [6.45, 7) is 0. The highest BCUT2D eigenvalue weighted by Crippen LogP contribution is 2.25. The summed E-state index contributed by atoms with van der Waals surface area (Å²) in [4.78, 5) is 1.26. The minimum Gasteiger partial charge on any atom is -0.0785 e. The lowest BCUT2D eigenvalue weighted by Gasteiger charge is -2.03. The smallest absolute Gasteiger partial charge is 0.0666 e. The van der Waals surface area contributed by atoms with E-state index in [1.54, 1.807) is 0 Å². The van der Waals surface area contributed by atoms with Crippen LogP contribution in [0.3, 0.4) is 0 Å². The highest BCUT2D eigenvalue weighted by atomic mass is 127. The molecule has 0 fully saturated rings. The van der Waals surface area contributed by atoms with Gasteiger partial charge in [0.05, 0.1) is 4.83 Å². The molecule has 0 aliphatic heterocycles. The van der Waals surface area contributed by atoms with E-state index in [-0.39, 0.29) is 0 Å². The van der Waals surface area contributed by atoms with Crippen LogP contribution in [0.1, 0.15) is 6.42 Å². The highest BCUT2D eigenvalue weighted by molar-refractivity contribution is 14.1. The molecule has 2 heteroatoms. The lowest BCUT2D eigenvalue weighted by molar-refractivity contribution is 1.23. The summed E-state index contributed by atoms with van der Waals surface area (Å²) in [5.41, 5.74) is 0. The lowest BCUT2D eigenvalue weighted by Crippen LogP contribution is -1.83. The molecule has 0 unspecified atom stereocenters. The van der Waals surface area contributed by atoms with Gasteiger partial charge in [0.2, 0.25) is 0 Å². The van der Waals surface area contributed by atoms with E-state index in [0.717, 1.165) is 6.42 Å². The molecule has 0 heterocycles. The number of hydrogen-bond donors (Lipinski definition) is 0. The summed E-state index contributed by atoms with van der Waals surface area (Å²) >= 11 is 5.70. The van der Waals surface area contributed by atoms with Crippen molar-refractivity contribution in [1.82, 2.24) is 0 Å². The van der Waals surface area contributed by atoms with Gasteiger partial charge >= 0.3 is 0 Å². The first-order valence-corrected chi connectivity index (χ1v) is 4.21. The maximum atomic E-state index is 3.40. The molecular formula is C6H5BrI. The number of hydrogen-bond acceptors (Lipinski definition) is 0. The van der Waals surface area contributed by atoms with Crippen LogP contribution in [-0.4, -0.2) is 0 Å². The second-order valence-electron chi connectivity index (χ2n) is 1.57. The molecule has 0 nitrogen and oxygen atoms in total. The summed E-state index contributed by atoms with van der Waals surface area (Å²) < 4.78 is 1.32. The van der Waals surface area contributed by atoms with Gasteiger partial charge in [0.1, 0.15) is 0 Å². The Morgan fingerprint density at radius 2 is 2.25 bits per heavy atom. The van der Waals surface area contributed by atoms with E-state index in [9.17, 15) is 0 Å². The van der Waals surface area contributed by atoms with Gasteiger partial charge in [0.15, 0.2) is 0 Å². The van der Waals surface area contributed by atoms with Crippen LogP contribution in [-0.2, 0) is 0 Å². The van der Waals surface area contributed by atoms with Crippen LogP contribution >= 0.6 is 38.5 Å². The van der Waals surface area contributed by atoms with Gasteiger partial charge in [0, 0.05) is 3.58 Å². The predicted octanol–water partition coefficient (Wildman–Crippen LogP) is 3.19. The van der Waals surface area contributed by atoms with Crippen LogP contribution in [0.2, 0.25) is 0 Å². The number of rotatable bonds is 0. The Bertz CT molecular complexity index is 137. The van der Waals surface area contributed by atoms with E-state index in [2.05, 4.69) is 56.7 Å². The fourth-order valence-corrected chi connectivity index (χ4v) is 1.20. The summed E-state index contributed by atoms with van der Waals surface area (Å²) in [5, 5.41) is 0. The Kier molecular flexibility index (Phi) is 2.56. The van der Waals surface area contributed by atoms with Gasteiger partial charge in [-0.2, -0.15) is 0 Å². The van der Waals surface area contributed by atoms with Crippen molar-refractivity contribution >= 4 is 38.5 Å². The molecule has 1 aliphatic rings. The van der Waals surface area contributed by atoms with Gasteiger partial charge in [-0.15, -0.1) is 0 Å². The van der Waals surface area contributed by atoms with Crippen molar-refractivity contribution in [2.45, 2.75) is 6.42 Å². The average molecular weight is 284 g/mol. The molecule has 0 amide bonds. The lowest BCUT2D eigenvalue weighted by atomic mass is 10.2. The van der Waals surface area contributed by atoms with Crippen LogP contribution in [0.5, 0.6) is 0 Å².